The first-order chi connectivity index (χ1) is 7.54. The molecule has 0 aromatic carbocycles. The van der Waals surface area contributed by atoms with Gasteiger partial charge in [-0.15, -0.1) is 0 Å². The summed E-state index contributed by atoms with van der Waals surface area (Å²) in [5, 5.41) is 0. The molecule has 7 heteroatoms. The minimum absolute atomic E-state index is 0.310. The van der Waals surface area contributed by atoms with Crippen LogP contribution in [-0.2, 0) is 14.9 Å². The Labute approximate surface area is 98.5 Å². The fourth-order valence-electron chi connectivity index (χ4n) is 1.39. The Kier molecular flexibility index (Phi) is 7.86. The highest BCUT2D eigenvalue weighted by molar-refractivity contribution is 7.86. The summed E-state index contributed by atoms with van der Waals surface area (Å²) in [6.45, 7) is 5.91. The Morgan fingerprint density at radius 3 is 2.06 bits per heavy atom. The molecule has 0 unspecified atom stereocenters. The Morgan fingerprint density at radius 2 is 1.69 bits per heavy atom. The van der Waals surface area contributed by atoms with Crippen molar-refractivity contribution in [3.8, 4) is 0 Å². The van der Waals surface area contributed by atoms with Gasteiger partial charge in [0.1, 0.15) is 0 Å². The lowest BCUT2D eigenvalue weighted by Crippen LogP contribution is -2.46. The standard InChI is InChI=1S/C9H23N3O3S/c1-4-11(5-2)16(13,14)12(7-6-10)8-9-15-3/h4-10H2,1-3H3. The highest BCUT2D eigenvalue weighted by Gasteiger charge is 2.26. The number of hydrogen-bond acceptors (Lipinski definition) is 4. The molecule has 0 aliphatic heterocycles. The Hall–Kier alpha value is -0.210. The summed E-state index contributed by atoms with van der Waals surface area (Å²) in [4.78, 5) is 0. The molecule has 0 fully saturated rings. The third kappa shape index (κ3) is 4.34. The Bertz CT molecular complexity index is 265. The van der Waals surface area contributed by atoms with E-state index >= 15 is 0 Å². The maximum absolute atomic E-state index is 12.1. The SMILES string of the molecule is CCN(CC)S(=O)(=O)N(CCN)CCOC. The molecule has 0 spiro atoms. The fourth-order valence-corrected chi connectivity index (χ4v) is 3.01. The summed E-state index contributed by atoms with van der Waals surface area (Å²) in [7, 11) is -1.84. The summed E-state index contributed by atoms with van der Waals surface area (Å²) >= 11 is 0. The third-order valence-corrected chi connectivity index (χ3v) is 4.47. The van der Waals surface area contributed by atoms with Crippen molar-refractivity contribution < 1.29 is 13.2 Å². The first-order valence-electron chi connectivity index (χ1n) is 5.48. The molecule has 0 aromatic rings. The van der Waals surface area contributed by atoms with Crippen LogP contribution in [-0.4, -0.2) is 63.5 Å². The molecule has 0 atom stereocenters. The van der Waals surface area contributed by atoms with Gasteiger partial charge in [0.25, 0.3) is 10.2 Å². The highest BCUT2D eigenvalue weighted by Crippen LogP contribution is 2.07. The van der Waals surface area contributed by atoms with Crippen LogP contribution in [0.2, 0.25) is 0 Å². The van der Waals surface area contributed by atoms with Crippen molar-refractivity contribution in [2.75, 3.05) is 46.4 Å². The summed E-state index contributed by atoms with van der Waals surface area (Å²) in [5.74, 6) is 0. The van der Waals surface area contributed by atoms with Crippen LogP contribution in [0.25, 0.3) is 0 Å². The van der Waals surface area contributed by atoms with Gasteiger partial charge in [-0.3, -0.25) is 0 Å². The molecule has 98 valence electrons. The minimum Gasteiger partial charge on any atom is -0.383 e. The zero-order valence-corrected chi connectivity index (χ0v) is 11.2. The van der Waals surface area contributed by atoms with Crippen LogP contribution < -0.4 is 5.73 Å². The van der Waals surface area contributed by atoms with Crippen molar-refractivity contribution in [1.29, 1.82) is 0 Å². The monoisotopic (exact) mass is 253 g/mol. The topological polar surface area (TPSA) is 75.9 Å². The molecular formula is C9H23N3O3S. The second kappa shape index (κ2) is 7.97. The van der Waals surface area contributed by atoms with Crippen LogP contribution in [0.15, 0.2) is 0 Å². The average molecular weight is 253 g/mol. The van der Waals surface area contributed by atoms with Gasteiger partial charge in [0.2, 0.25) is 0 Å². The zero-order valence-electron chi connectivity index (χ0n) is 10.3. The van der Waals surface area contributed by atoms with E-state index in [1.165, 1.54) is 8.61 Å². The third-order valence-electron chi connectivity index (χ3n) is 2.28. The average Bonchev–Trinajstić information content (AvgIpc) is 2.25. The van der Waals surface area contributed by atoms with Crippen molar-refractivity contribution >= 4 is 10.2 Å². The van der Waals surface area contributed by atoms with E-state index in [1.54, 1.807) is 7.11 Å². The van der Waals surface area contributed by atoms with Gasteiger partial charge in [0.05, 0.1) is 6.61 Å². The predicted octanol–water partition coefficient (Wildman–Crippen LogP) is -0.520. The van der Waals surface area contributed by atoms with Gasteiger partial charge < -0.3 is 10.5 Å². The van der Waals surface area contributed by atoms with Crippen LogP contribution in [0.5, 0.6) is 0 Å². The van der Waals surface area contributed by atoms with E-state index in [2.05, 4.69) is 0 Å². The molecular weight excluding hydrogens is 230 g/mol. The quantitative estimate of drug-likeness (QED) is 0.600. The van der Waals surface area contributed by atoms with E-state index in [1.807, 2.05) is 13.8 Å². The molecule has 0 aliphatic carbocycles. The van der Waals surface area contributed by atoms with E-state index in [9.17, 15) is 8.42 Å². The van der Waals surface area contributed by atoms with Crippen LogP contribution in [0, 0.1) is 0 Å². The highest BCUT2D eigenvalue weighted by atomic mass is 32.2. The number of nitrogens with zero attached hydrogens (tertiary/aromatic N) is 2. The van der Waals surface area contributed by atoms with Gasteiger partial charge in [-0.25, -0.2) is 0 Å². The maximum Gasteiger partial charge on any atom is 0.282 e. The maximum atomic E-state index is 12.1. The van der Waals surface area contributed by atoms with Crippen LogP contribution in [0.3, 0.4) is 0 Å². The van der Waals surface area contributed by atoms with E-state index in [0.717, 1.165) is 0 Å². The molecule has 2 N–H and O–H groups in total. The number of methoxy groups -OCH3 is 1. The van der Waals surface area contributed by atoms with Crippen molar-refractivity contribution in [3.05, 3.63) is 0 Å². The van der Waals surface area contributed by atoms with E-state index in [0.29, 0.717) is 39.3 Å². The van der Waals surface area contributed by atoms with E-state index < -0.39 is 10.2 Å². The van der Waals surface area contributed by atoms with Gasteiger partial charge in [-0.05, 0) is 0 Å². The fraction of sp³-hybridized carbons (Fsp3) is 1.00. The molecule has 16 heavy (non-hydrogen) atoms. The van der Waals surface area contributed by atoms with Crippen molar-refractivity contribution in [2.45, 2.75) is 13.8 Å². The lowest BCUT2D eigenvalue weighted by atomic mass is 10.6. The molecule has 0 amide bonds. The van der Waals surface area contributed by atoms with Gasteiger partial charge >= 0.3 is 0 Å². The molecule has 0 heterocycles. The molecule has 0 rings (SSSR count). The van der Waals surface area contributed by atoms with Crippen molar-refractivity contribution in [1.82, 2.24) is 8.61 Å². The largest absolute Gasteiger partial charge is 0.383 e. The Morgan fingerprint density at radius 1 is 1.12 bits per heavy atom. The molecule has 0 radical (unpaired) electrons. The van der Waals surface area contributed by atoms with Crippen molar-refractivity contribution in [3.63, 3.8) is 0 Å². The first-order valence-corrected chi connectivity index (χ1v) is 6.88. The Balaban J connectivity index is 4.72. The van der Waals surface area contributed by atoms with Gasteiger partial charge in [-0.1, -0.05) is 13.8 Å². The summed E-state index contributed by atoms with van der Waals surface area (Å²) in [6, 6.07) is 0. The van der Waals surface area contributed by atoms with Crippen molar-refractivity contribution in [2.24, 2.45) is 5.73 Å². The number of nitrogens with two attached hydrogens (primary N) is 1. The molecule has 0 saturated heterocycles. The minimum atomic E-state index is -3.39. The van der Waals surface area contributed by atoms with Gasteiger partial charge in [0, 0.05) is 39.8 Å². The molecule has 0 saturated carbocycles. The normalized spacial score (nSPS) is 12.6. The van der Waals surface area contributed by atoms with Gasteiger partial charge in [0.15, 0.2) is 0 Å². The number of hydrogen-bond donors (Lipinski definition) is 1. The van der Waals surface area contributed by atoms with E-state index in [4.69, 9.17) is 10.5 Å². The zero-order chi connectivity index (χ0) is 12.6. The first kappa shape index (κ1) is 15.8. The summed E-state index contributed by atoms with van der Waals surface area (Å²) < 4.78 is 31.9. The smallest absolute Gasteiger partial charge is 0.282 e. The molecule has 6 nitrogen and oxygen atoms in total. The summed E-state index contributed by atoms with van der Waals surface area (Å²) in [6.07, 6.45) is 0. The number of ether oxygens (including phenoxy) is 1. The molecule has 0 aromatic heterocycles. The lowest BCUT2D eigenvalue weighted by Gasteiger charge is -2.27. The van der Waals surface area contributed by atoms with Crippen LogP contribution >= 0.6 is 0 Å². The van der Waals surface area contributed by atoms with Gasteiger partial charge in [-0.2, -0.15) is 17.0 Å². The van der Waals surface area contributed by atoms with Crippen LogP contribution in [0.4, 0.5) is 0 Å². The van der Waals surface area contributed by atoms with E-state index in [-0.39, 0.29) is 0 Å². The summed E-state index contributed by atoms with van der Waals surface area (Å²) in [5.41, 5.74) is 5.42. The lowest BCUT2D eigenvalue weighted by molar-refractivity contribution is 0.177. The second-order valence-corrected chi connectivity index (χ2v) is 5.20. The second-order valence-electron chi connectivity index (χ2n) is 3.27. The molecule has 0 aliphatic rings. The predicted molar refractivity (Wildman–Crippen MR) is 64.3 cm³/mol. The number of rotatable bonds is 9. The molecule has 0 bridgehead atoms. The van der Waals surface area contributed by atoms with Crippen LogP contribution in [0.1, 0.15) is 13.8 Å².